The molecular formula is C22H22F2N6O3S. The van der Waals surface area contributed by atoms with Crippen LogP contribution < -0.4 is 9.62 Å². The number of carbonyl (C=O) groups is 1. The van der Waals surface area contributed by atoms with E-state index in [2.05, 4.69) is 5.10 Å². The Morgan fingerprint density at radius 3 is 2.88 bits per heavy atom. The molecule has 9 nitrogen and oxygen atoms in total. The summed E-state index contributed by atoms with van der Waals surface area (Å²) in [6, 6.07) is 8.27. The van der Waals surface area contributed by atoms with Crippen LogP contribution in [0.25, 0.3) is 5.52 Å². The van der Waals surface area contributed by atoms with Crippen molar-refractivity contribution in [1.29, 1.82) is 5.26 Å². The summed E-state index contributed by atoms with van der Waals surface area (Å²) in [5, 5.41) is 12.8. The predicted molar refractivity (Wildman–Crippen MR) is 120 cm³/mol. The molecule has 178 valence electrons. The Kier molecular flexibility index (Phi) is 6.49. The number of carbonyl (C=O) groups excluding carboxylic acids is 1. The third kappa shape index (κ3) is 4.57. The molecule has 2 aromatic heterocycles. The number of nitriles is 1. The molecule has 1 aliphatic heterocycles. The third-order valence-corrected chi connectivity index (χ3v) is 7.27. The van der Waals surface area contributed by atoms with Gasteiger partial charge in [-0.2, -0.15) is 23.1 Å². The highest BCUT2D eigenvalue weighted by Gasteiger charge is 2.30. The first-order valence-electron chi connectivity index (χ1n) is 10.6. The second-order valence-corrected chi connectivity index (χ2v) is 9.73. The van der Waals surface area contributed by atoms with Crippen molar-refractivity contribution in [2.75, 3.05) is 25.0 Å². The predicted octanol–water partition coefficient (Wildman–Crippen LogP) is 2.77. The number of amides is 1. The Bertz CT molecular complexity index is 1390. The van der Waals surface area contributed by atoms with Crippen LogP contribution in [-0.2, 0) is 10.2 Å². The van der Waals surface area contributed by atoms with Crippen molar-refractivity contribution in [1.82, 2.24) is 18.6 Å². The lowest BCUT2D eigenvalue weighted by atomic mass is 10.0. The molecule has 0 unspecified atom stereocenters. The SMILES string of the molecule is CN(CCC#N)S(=O)(=O)NC(=O)c1cnn2ccc(N3CCC[C@@H]3c3cc(F)ccc3F)cc12. The van der Waals surface area contributed by atoms with Crippen LogP contribution >= 0.6 is 0 Å². The van der Waals surface area contributed by atoms with E-state index in [-0.39, 0.29) is 30.1 Å². The number of benzene rings is 1. The van der Waals surface area contributed by atoms with Gasteiger partial charge in [0.1, 0.15) is 11.6 Å². The molecule has 1 fully saturated rings. The summed E-state index contributed by atoms with van der Waals surface area (Å²) in [7, 11) is -2.88. The zero-order chi connectivity index (χ0) is 24.5. The van der Waals surface area contributed by atoms with E-state index in [0.29, 0.717) is 24.2 Å². The second-order valence-electron chi connectivity index (χ2n) is 7.96. The molecule has 1 amide bonds. The van der Waals surface area contributed by atoms with E-state index in [4.69, 9.17) is 5.26 Å². The smallest absolute Gasteiger partial charge is 0.303 e. The van der Waals surface area contributed by atoms with E-state index in [0.717, 1.165) is 22.9 Å². The van der Waals surface area contributed by atoms with E-state index in [1.165, 1.54) is 23.8 Å². The van der Waals surface area contributed by atoms with Gasteiger partial charge in [0.25, 0.3) is 5.91 Å². The number of fused-ring (bicyclic) bond motifs is 1. The number of hydrogen-bond acceptors (Lipinski definition) is 6. The van der Waals surface area contributed by atoms with Gasteiger partial charge in [-0.15, -0.1) is 0 Å². The highest BCUT2D eigenvalue weighted by Crippen LogP contribution is 2.38. The quantitative estimate of drug-likeness (QED) is 0.548. The lowest BCUT2D eigenvalue weighted by molar-refractivity contribution is 0.0981. The lowest BCUT2D eigenvalue weighted by Crippen LogP contribution is -2.41. The first-order chi connectivity index (χ1) is 16.2. The Morgan fingerprint density at radius 2 is 2.12 bits per heavy atom. The van der Waals surface area contributed by atoms with Crippen molar-refractivity contribution in [2.24, 2.45) is 0 Å². The minimum absolute atomic E-state index is 0.0193. The topological polar surface area (TPSA) is 111 Å². The molecule has 4 rings (SSSR count). The Morgan fingerprint density at radius 1 is 1.32 bits per heavy atom. The van der Waals surface area contributed by atoms with Gasteiger partial charge in [0.05, 0.1) is 29.4 Å². The van der Waals surface area contributed by atoms with Crippen LogP contribution in [0.5, 0.6) is 0 Å². The highest BCUT2D eigenvalue weighted by molar-refractivity contribution is 7.87. The van der Waals surface area contributed by atoms with Crippen molar-refractivity contribution >= 4 is 27.3 Å². The van der Waals surface area contributed by atoms with E-state index in [1.54, 1.807) is 18.3 Å². The molecule has 0 aliphatic carbocycles. The molecule has 1 N–H and O–H groups in total. The Labute approximate surface area is 195 Å². The number of halogens is 2. The van der Waals surface area contributed by atoms with Crippen molar-refractivity contribution in [2.45, 2.75) is 25.3 Å². The minimum atomic E-state index is -4.15. The molecular weight excluding hydrogens is 466 g/mol. The summed E-state index contributed by atoms with van der Waals surface area (Å²) in [4.78, 5) is 14.7. The maximum absolute atomic E-state index is 14.4. The number of anilines is 1. The summed E-state index contributed by atoms with van der Waals surface area (Å²) >= 11 is 0. The summed E-state index contributed by atoms with van der Waals surface area (Å²) < 4.78 is 57.3. The summed E-state index contributed by atoms with van der Waals surface area (Å²) in [5.74, 6) is -1.88. The summed E-state index contributed by atoms with van der Waals surface area (Å²) in [6.07, 6.45) is 4.25. The van der Waals surface area contributed by atoms with Crippen LogP contribution in [0.3, 0.4) is 0 Å². The third-order valence-electron chi connectivity index (χ3n) is 5.82. The zero-order valence-corrected chi connectivity index (χ0v) is 19.1. The maximum Gasteiger partial charge on any atom is 0.303 e. The molecule has 3 aromatic rings. The molecule has 3 heterocycles. The summed E-state index contributed by atoms with van der Waals surface area (Å²) in [5.41, 5.74) is 1.32. The fraction of sp³-hybridized carbons (Fsp3) is 0.318. The van der Waals surface area contributed by atoms with Gasteiger partial charge in [-0.1, -0.05) is 0 Å². The maximum atomic E-state index is 14.4. The molecule has 1 saturated heterocycles. The molecule has 1 aromatic carbocycles. The molecule has 0 radical (unpaired) electrons. The minimum Gasteiger partial charge on any atom is -0.364 e. The second kappa shape index (κ2) is 9.36. The number of nitrogens with zero attached hydrogens (tertiary/aromatic N) is 5. The van der Waals surface area contributed by atoms with Gasteiger partial charge in [0.15, 0.2) is 0 Å². The molecule has 0 bridgehead atoms. The van der Waals surface area contributed by atoms with E-state index >= 15 is 0 Å². The van der Waals surface area contributed by atoms with Crippen molar-refractivity contribution in [3.05, 3.63) is 65.5 Å². The number of nitrogens with one attached hydrogen (secondary N) is 1. The van der Waals surface area contributed by atoms with Gasteiger partial charge in [0.2, 0.25) is 0 Å². The molecule has 12 heteroatoms. The van der Waals surface area contributed by atoms with Crippen molar-refractivity contribution in [3.8, 4) is 6.07 Å². The Balaban J connectivity index is 1.63. The van der Waals surface area contributed by atoms with Gasteiger partial charge in [-0.3, -0.25) is 4.79 Å². The molecule has 0 spiro atoms. The number of hydrogen-bond donors (Lipinski definition) is 1. The van der Waals surface area contributed by atoms with Gasteiger partial charge >= 0.3 is 10.2 Å². The Hall–Kier alpha value is -3.56. The molecule has 0 saturated carbocycles. The van der Waals surface area contributed by atoms with Crippen LogP contribution in [0.15, 0.2) is 42.7 Å². The van der Waals surface area contributed by atoms with Crippen LogP contribution in [0.1, 0.15) is 41.2 Å². The molecule has 1 aliphatic rings. The number of pyridine rings is 1. The van der Waals surface area contributed by atoms with E-state index < -0.39 is 27.8 Å². The normalized spacial score (nSPS) is 16.2. The average molecular weight is 489 g/mol. The van der Waals surface area contributed by atoms with Gasteiger partial charge in [-0.25, -0.2) is 18.0 Å². The zero-order valence-electron chi connectivity index (χ0n) is 18.3. The largest absolute Gasteiger partial charge is 0.364 e. The van der Waals surface area contributed by atoms with E-state index in [9.17, 15) is 22.0 Å². The van der Waals surface area contributed by atoms with Crippen molar-refractivity contribution < 1.29 is 22.0 Å². The number of aromatic nitrogens is 2. The van der Waals surface area contributed by atoms with Gasteiger partial charge in [0, 0.05) is 44.0 Å². The fourth-order valence-electron chi connectivity index (χ4n) is 4.07. The lowest BCUT2D eigenvalue weighted by Gasteiger charge is -2.27. The molecule has 34 heavy (non-hydrogen) atoms. The summed E-state index contributed by atoms with van der Waals surface area (Å²) in [6.45, 7) is 0.537. The molecule has 1 atom stereocenters. The van der Waals surface area contributed by atoms with Gasteiger partial charge in [-0.05, 0) is 43.2 Å². The van der Waals surface area contributed by atoms with Crippen LogP contribution in [-0.4, -0.2) is 48.4 Å². The highest BCUT2D eigenvalue weighted by atomic mass is 32.2. The average Bonchev–Trinajstić information content (AvgIpc) is 3.45. The first-order valence-corrected chi connectivity index (χ1v) is 12.0. The first kappa shape index (κ1) is 23.6. The van der Waals surface area contributed by atoms with Gasteiger partial charge < -0.3 is 4.90 Å². The number of rotatable bonds is 7. The fourth-order valence-corrected chi connectivity index (χ4v) is 4.90. The van der Waals surface area contributed by atoms with E-state index in [1.807, 2.05) is 15.7 Å². The monoisotopic (exact) mass is 488 g/mol. The van der Waals surface area contributed by atoms with Crippen LogP contribution in [0.2, 0.25) is 0 Å². The van der Waals surface area contributed by atoms with Crippen LogP contribution in [0.4, 0.5) is 14.5 Å². The standard InChI is InChI=1S/C22H22F2N6O3S/c1-28(9-3-8-25)34(32,33)27-22(31)18-14-26-30-11-7-16(13-21(18)30)29-10-2-4-20(29)17-12-15(23)5-6-19(17)24/h5-7,11-14,20H,2-4,9-10H2,1H3,(H,27,31)/t20-/m1/s1. The van der Waals surface area contributed by atoms with Crippen molar-refractivity contribution in [3.63, 3.8) is 0 Å². The van der Waals surface area contributed by atoms with Crippen LogP contribution in [0, 0.1) is 23.0 Å².